The maximum atomic E-state index is 10.8. The lowest BCUT2D eigenvalue weighted by molar-refractivity contribution is 0.0999. The Morgan fingerprint density at radius 2 is 1.94 bits per heavy atom. The van der Waals surface area contributed by atoms with Gasteiger partial charge in [0.1, 0.15) is 5.82 Å². The van der Waals surface area contributed by atoms with Crippen molar-refractivity contribution in [2.24, 2.45) is 5.73 Å². The van der Waals surface area contributed by atoms with E-state index in [0.717, 1.165) is 0 Å². The van der Waals surface area contributed by atoms with Gasteiger partial charge in [0.15, 0.2) is 0 Å². The summed E-state index contributed by atoms with van der Waals surface area (Å²) >= 11 is 0. The van der Waals surface area contributed by atoms with Crippen molar-refractivity contribution in [3.8, 4) is 0 Å². The van der Waals surface area contributed by atoms with Crippen LogP contribution in [-0.2, 0) is 0 Å². The molecule has 0 radical (unpaired) electrons. The maximum Gasteiger partial charge on any atom is 0.251 e. The van der Waals surface area contributed by atoms with Gasteiger partial charge in [-0.15, -0.1) is 0 Å². The first-order valence-corrected chi connectivity index (χ1v) is 4.55. The molecule has 0 saturated carbocycles. The monoisotopic (exact) mass is 215 g/mol. The first kappa shape index (κ1) is 10.0. The fourth-order valence-corrected chi connectivity index (χ4v) is 1.07. The van der Waals surface area contributed by atoms with Crippen LogP contribution in [0, 0.1) is 0 Å². The van der Waals surface area contributed by atoms with Crippen molar-refractivity contribution < 1.29 is 4.79 Å². The van der Waals surface area contributed by atoms with E-state index >= 15 is 0 Å². The van der Waals surface area contributed by atoms with Gasteiger partial charge in [0.05, 0.1) is 5.56 Å². The number of nitrogens with zero attached hydrogens (tertiary/aromatic N) is 3. The number of nitrogens with two attached hydrogens (primary N) is 1. The molecule has 0 spiro atoms. The molecule has 16 heavy (non-hydrogen) atoms. The molecule has 0 saturated heterocycles. The van der Waals surface area contributed by atoms with Crippen LogP contribution in [0.4, 0.5) is 11.8 Å². The van der Waals surface area contributed by atoms with Crippen LogP contribution in [0.3, 0.4) is 0 Å². The Morgan fingerprint density at radius 3 is 2.50 bits per heavy atom. The van der Waals surface area contributed by atoms with Gasteiger partial charge in [-0.05, 0) is 12.1 Å². The van der Waals surface area contributed by atoms with E-state index in [-0.39, 0.29) is 5.56 Å². The molecule has 6 nitrogen and oxygen atoms in total. The molecule has 3 N–H and O–H groups in total. The van der Waals surface area contributed by atoms with Crippen molar-refractivity contribution in [1.29, 1.82) is 0 Å². The predicted molar refractivity (Wildman–Crippen MR) is 58.1 cm³/mol. The van der Waals surface area contributed by atoms with Crippen LogP contribution in [0.5, 0.6) is 0 Å². The number of hydrogen-bond acceptors (Lipinski definition) is 5. The zero-order chi connectivity index (χ0) is 11.4. The lowest BCUT2D eigenvalue weighted by Gasteiger charge is -2.02. The number of hydrogen-bond donors (Lipinski definition) is 2. The molecule has 2 heterocycles. The molecule has 2 rings (SSSR count). The number of amides is 1. The second-order valence-corrected chi connectivity index (χ2v) is 3.00. The van der Waals surface area contributed by atoms with E-state index in [4.69, 9.17) is 5.73 Å². The topological polar surface area (TPSA) is 93.8 Å². The first-order chi connectivity index (χ1) is 7.75. The van der Waals surface area contributed by atoms with Gasteiger partial charge in [-0.3, -0.25) is 4.79 Å². The van der Waals surface area contributed by atoms with Crippen molar-refractivity contribution in [3.63, 3.8) is 0 Å². The third kappa shape index (κ3) is 2.30. The lowest BCUT2D eigenvalue weighted by Crippen LogP contribution is -2.12. The quantitative estimate of drug-likeness (QED) is 0.786. The van der Waals surface area contributed by atoms with E-state index in [1.165, 1.54) is 12.4 Å². The number of anilines is 2. The Morgan fingerprint density at radius 1 is 1.19 bits per heavy atom. The third-order valence-corrected chi connectivity index (χ3v) is 1.84. The number of nitrogens with one attached hydrogen (secondary N) is 1. The van der Waals surface area contributed by atoms with Crippen LogP contribution < -0.4 is 11.1 Å². The zero-order valence-corrected chi connectivity index (χ0v) is 8.29. The second kappa shape index (κ2) is 4.35. The molecule has 0 aliphatic rings. The first-order valence-electron chi connectivity index (χ1n) is 4.55. The van der Waals surface area contributed by atoms with Crippen molar-refractivity contribution in [2.75, 3.05) is 5.32 Å². The Labute approximate surface area is 91.6 Å². The zero-order valence-electron chi connectivity index (χ0n) is 8.29. The predicted octanol–water partition coefficient (Wildman–Crippen LogP) is 0.714. The van der Waals surface area contributed by atoms with E-state index < -0.39 is 5.91 Å². The van der Waals surface area contributed by atoms with E-state index in [2.05, 4.69) is 20.3 Å². The smallest absolute Gasteiger partial charge is 0.251 e. The van der Waals surface area contributed by atoms with Crippen LogP contribution in [-0.4, -0.2) is 20.9 Å². The highest BCUT2D eigenvalue weighted by Crippen LogP contribution is 2.07. The molecule has 0 bridgehead atoms. The molecule has 0 aromatic carbocycles. The van der Waals surface area contributed by atoms with Crippen LogP contribution in [0.2, 0.25) is 0 Å². The maximum absolute atomic E-state index is 10.8. The number of rotatable bonds is 3. The number of pyridine rings is 1. The van der Waals surface area contributed by atoms with Crippen molar-refractivity contribution in [3.05, 3.63) is 42.4 Å². The van der Waals surface area contributed by atoms with Crippen molar-refractivity contribution >= 4 is 17.7 Å². The molecule has 0 aliphatic carbocycles. The molecule has 80 valence electrons. The minimum atomic E-state index is -0.551. The van der Waals surface area contributed by atoms with Crippen molar-refractivity contribution in [2.45, 2.75) is 0 Å². The Kier molecular flexibility index (Phi) is 2.73. The summed E-state index contributed by atoms with van der Waals surface area (Å²) in [5.41, 5.74) is 5.33. The molecule has 2 aromatic rings. The molecule has 1 amide bonds. The van der Waals surface area contributed by atoms with Crippen LogP contribution in [0.1, 0.15) is 10.4 Å². The lowest BCUT2D eigenvalue weighted by atomic mass is 10.3. The molecular weight excluding hydrogens is 206 g/mol. The van der Waals surface area contributed by atoms with E-state index in [1.54, 1.807) is 12.3 Å². The third-order valence-electron chi connectivity index (χ3n) is 1.84. The van der Waals surface area contributed by atoms with Crippen LogP contribution in [0.15, 0.2) is 36.8 Å². The number of carbonyl (C=O) groups excluding carboxylic acids is 1. The van der Waals surface area contributed by atoms with Crippen LogP contribution >= 0.6 is 0 Å². The van der Waals surface area contributed by atoms with Gasteiger partial charge in [0.2, 0.25) is 5.95 Å². The average molecular weight is 215 g/mol. The highest BCUT2D eigenvalue weighted by Gasteiger charge is 2.02. The summed E-state index contributed by atoms with van der Waals surface area (Å²) in [5.74, 6) is 0.447. The van der Waals surface area contributed by atoms with Gasteiger partial charge in [-0.25, -0.2) is 15.0 Å². The summed E-state index contributed by atoms with van der Waals surface area (Å²) in [6.07, 6.45) is 4.38. The number of primary amides is 1. The molecule has 6 heteroatoms. The van der Waals surface area contributed by atoms with Crippen LogP contribution in [0.25, 0.3) is 0 Å². The molecule has 2 aromatic heterocycles. The molecular formula is C10H9N5O. The Hall–Kier alpha value is -2.50. The minimum Gasteiger partial charge on any atom is -0.366 e. The normalized spacial score (nSPS) is 9.75. The Balaban J connectivity index is 2.14. The molecule has 0 fully saturated rings. The van der Waals surface area contributed by atoms with E-state index in [1.807, 2.05) is 12.1 Å². The summed E-state index contributed by atoms with van der Waals surface area (Å²) in [4.78, 5) is 22.7. The van der Waals surface area contributed by atoms with E-state index in [0.29, 0.717) is 11.8 Å². The SMILES string of the molecule is NC(=O)c1cnc(Nc2ccccn2)nc1. The molecule has 0 unspecified atom stereocenters. The minimum absolute atomic E-state index is 0.270. The summed E-state index contributed by atoms with van der Waals surface area (Å²) in [7, 11) is 0. The number of aromatic nitrogens is 3. The second-order valence-electron chi connectivity index (χ2n) is 3.00. The van der Waals surface area contributed by atoms with Gasteiger partial charge in [-0.2, -0.15) is 0 Å². The summed E-state index contributed by atoms with van der Waals surface area (Å²) in [5, 5.41) is 2.88. The van der Waals surface area contributed by atoms with E-state index in [9.17, 15) is 4.79 Å². The molecule has 0 aliphatic heterocycles. The standard InChI is InChI=1S/C10H9N5O/c11-9(16)7-5-13-10(14-6-7)15-8-3-1-2-4-12-8/h1-6H,(H2,11,16)(H,12,13,14,15). The summed E-state index contributed by atoms with van der Waals surface area (Å²) < 4.78 is 0. The largest absolute Gasteiger partial charge is 0.366 e. The molecule has 0 atom stereocenters. The highest BCUT2D eigenvalue weighted by molar-refractivity contribution is 5.92. The van der Waals surface area contributed by atoms with Gasteiger partial charge in [-0.1, -0.05) is 6.07 Å². The fraction of sp³-hybridized carbons (Fsp3) is 0. The average Bonchev–Trinajstić information content (AvgIpc) is 2.31. The van der Waals surface area contributed by atoms with Gasteiger partial charge >= 0.3 is 0 Å². The summed E-state index contributed by atoms with van der Waals surface area (Å²) in [6.45, 7) is 0. The van der Waals surface area contributed by atoms with Gasteiger partial charge < -0.3 is 11.1 Å². The van der Waals surface area contributed by atoms with Gasteiger partial charge in [0.25, 0.3) is 5.91 Å². The Bertz CT molecular complexity index is 482. The fourth-order valence-electron chi connectivity index (χ4n) is 1.07. The van der Waals surface area contributed by atoms with Crippen molar-refractivity contribution in [1.82, 2.24) is 15.0 Å². The van der Waals surface area contributed by atoms with Gasteiger partial charge in [0, 0.05) is 18.6 Å². The summed E-state index contributed by atoms with van der Waals surface area (Å²) in [6, 6.07) is 5.43. The number of carbonyl (C=O) groups is 1. The highest BCUT2D eigenvalue weighted by atomic mass is 16.1.